The quantitative estimate of drug-likeness (QED) is 0.267. The van der Waals surface area contributed by atoms with E-state index in [0.717, 1.165) is 6.54 Å². The van der Waals surface area contributed by atoms with Gasteiger partial charge in [0.25, 0.3) is 0 Å². The van der Waals surface area contributed by atoms with Crippen molar-refractivity contribution in [3.63, 3.8) is 0 Å². The highest BCUT2D eigenvalue weighted by Crippen LogP contribution is 1.91. The third-order valence-corrected chi connectivity index (χ3v) is 1.57. The molecule has 0 aliphatic carbocycles. The van der Waals surface area contributed by atoms with E-state index in [2.05, 4.69) is 5.16 Å². The highest BCUT2D eigenvalue weighted by Gasteiger charge is 2.03. The first kappa shape index (κ1) is 11.2. The molecule has 0 saturated heterocycles. The lowest BCUT2D eigenvalue weighted by Gasteiger charge is -2.18. The minimum absolute atomic E-state index is 0.163. The Labute approximate surface area is 71.8 Å². The molecule has 0 amide bonds. The lowest BCUT2D eigenvalue weighted by molar-refractivity contribution is 0.288. The van der Waals surface area contributed by atoms with Crippen molar-refractivity contribution >= 4 is 5.84 Å². The second kappa shape index (κ2) is 6.84. The van der Waals surface area contributed by atoms with Crippen molar-refractivity contribution in [1.29, 1.82) is 0 Å². The summed E-state index contributed by atoms with van der Waals surface area (Å²) in [6, 6.07) is 0. The van der Waals surface area contributed by atoms with E-state index in [1.807, 2.05) is 11.8 Å². The zero-order chi connectivity index (χ0) is 9.40. The van der Waals surface area contributed by atoms with E-state index in [1.165, 1.54) is 0 Å². The number of hydrogen-bond donors (Lipinski definition) is 2. The van der Waals surface area contributed by atoms with Crippen molar-refractivity contribution in [1.82, 2.24) is 4.90 Å². The molecule has 0 aliphatic heterocycles. The van der Waals surface area contributed by atoms with Crippen molar-refractivity contribution in [3.05, 3.63) is 0 Å². The van der Waals surface area contributed by atoms with Gasteiger partial charge in [0.2, 0.25) is 0 Å². The van der Waals surface area contributed by atoms with Crippen molar-refractivity contribution in [2.45, 2.75) is 13.3 Å². The van der Waals surface area contributed by atoms with Gasteiger partial charge in [0.1, 0.15) is 0 Å². The summed E-state index contributed by atoms with van der Waals surface area (Å²) in [7, 11) is 0. The molecule has 72 valence electrons. The molecule has 4 nitrogen and oxygen atoms in total. The fourth-order valence-electron chi connectivity index (χ4n) is 0.893. The number of nitrogens with zero attached hydrogens (tertiary/aromatic N) is 2. The predicted octanol–water partition coefficient (Wildman–Crippen LogP) is 0.414. The Balaban J connectivity index is 3.67. The van der Waals surface area contributed by atoms with Gasteiger partial charge in [0.05, 0.1) is 13.2 Å². The van der Waals surface area contributed by atoms with Crippen LogP contribution >= 0.6 is 0 Å². The second-order valence-corrected chi connectivity index (χ2v) is 2.50. The van der Waals surface area contributed by atoms with Gasteiger partial charge < -0.3 is 10.9 Å². The SMILES string of the molecule is CCN(CCCF)CC(N)=NO. The molecule has 3 N–H and O–H groups in total. The highest BCUT2D eigenvalue weighted by molar-refractivity contribution is 5.81. The van der Waals surface area contributed by atoms with Crippen molar-refractivity contribution in [2.75, 3.05) is 26.3 Å². The van der Waals surface area contributed by atoms with Gasteiger partial charge in [0.15, 0.2) is 5.84 Å². The van der Waals surface area contributed by atoms with E-state index < -0.39 is 0 Å². The molecular weight excluding hydrogens is 161 g/mol. The van der Waals surface area contributed by atoms with Crippen LogP contribution in [0.5, 0.6) is 0 Å². The number of hydrogen-bond acceptors (Lipinski definition) is 3. The molecule has 0 radical (unpaired) electrons. The zero-order valence-corrected chi connectivity index (χ0v) is 7.33. The zero-order valence-electron chi connectivity index (χ0n) is 7.33. The largest absolute Gasteiger partial charge is 0.409 e. The minimum Gasteiger partial charge on any atom is -0.409 e. The first-order chi connectivity index (χ1) is 5.74. The van der Waals surface area contributed by atoms with Crippen LogP contribution in [-0.2, 0) is 0 Å². The van der Waals surface area contributed by atoms with Gasteiger partial charge in [-0.1, -0.05) is 12.1 Å². The maximum absolute atomic E-state index is 11.8. The Bertz CT molecular complexity index is 141. The van der Waals surface area contributed by atoms with Gasteiger partial charge in [-0.05, 0) is 13.0 Å². The maximum Gasteiger partial charge on any atom is 0.153 e. The normalized spacial score (nSPS) is 12.4. The maximum atomic E-state index is 11.8. The fraction of sp³-hybridized carbons (Fsp3) is 0.857. The molecule has 0 aromatic rings. The molecule has 0 bridgehead atoms. The van der Waals surface area contributed by atoms with E-state index in [9.17, 15) is 4.39 Å². The van der Waals surface area contributed by atoms with E-state index in [-0.39, 0.29) is 12.5 Å². The molecule has 0 heterocycles. The van der Waals surface area contributed by atoms with E-state index in [4.69, 9.17) is 10.9 Å². The molecule has 0 unspecified atom stereocenters. The van der Waals surface area contributed by atoms with Gasteiger partial charge in [-0.3, -0.25) is 9.29 Å². The Hall–Kier alpha value is -0.840. The van der Waals surface area contributed by atoms with Crippen LogP contribution in [0.25, 0.3) is 0 Å². The van der Waals surface area contributed by atoms with Gasteiger partial charge in [-0.15, -0.1) is 0 Å². The number of oxime groups is 1. The van der Waals surface area contributed by atoms with Crippen LogP contribution in [0.15, 0.2) is 5.16 Å². The molecule has 0 aromatic carbocycles. The fourth-order valence-corrected chi connectivity index (χ4v) is 0.893. The van der Waals surface area contributed by atoms with Crippen LogP contribution in [-0.4, -0.2) is 42.3 Å². The molecule has 0 fully saturated rings. The summed E-state index contributed by atoms with van der Waals surface area (Å²) in [5.41, 5.74) is 5.29. The number of alkyl halides is 1. The molecular formula is C7H16FN3O. The smallest absolute Gasteiger partial charge is 0.153 e. The first-order valence-electron chi connectivity index (χ1n) is 3.99. The molecule has 0 aromatic heterocycles. The summed E-state index contributed by atoms with van der Waals surface area (Å²) in [6.45, 7) is 3.43. The predicted molar refractivity (Wildman–Crippen MR) is 46.1 cm³/mol. The van der Waals surface area contributed by atoms with E-state index >= 15 is 0 Å². The molecule has 12 heavy (non-hydrogen) atoms. The Morgan fingerprint density at radius 1 is 1.67 bits per heavy atom. The lowest BCUT2D eigenvalue weighted by atomic mass is 10.4. The summed E-state index contributed by atoms with van der Waals surface area (Å²) >= 11 is 0. The van der Waals surface area contributed by atoms with E-state index in [1.54, 1.807) is 0 Å². The average molecular weight is 177 g/mol. The van der Waals surface area contributed by atoms with Crippen molar-refractivity contribution in [3.8, 4) is 0 Å². The monoisotopic (exact) mass is 177 g/mol. The molecule has 0 atom stereocenters. The van der Waals surface area contributed by atoms with Crippen LogP contribution in [0.3, 0.4) is 0 Å². The molecule has 0 aliphatic rings. The van der Waals surface area contributed by atoms with Gasteiger partial charge in [0, 0.05) is 6.54 Å². The van der Waals surface area contributed by atoms with E-state index in [0.29, 0.717) is 19.5 Å². The van der Waals surface area contributed by atoms with Crippen LogP contribution in [0, 0.1) is 0 Å². The highest BCUT2D eigenvalue weighted by atomic mass is 19.1. The number of amidine groups is 1. The Morgan fingerprint density at radius 2 is 2.33 bits per heavy atom. The molecule has 0 rings (SSSR count). The third kappa shape index (κ3) is 4.90. The Kier molecular flexibility index (Phi) is 6.37. The van der Waals surface area contributed by atoms with Crippen LogP contribution in [0.4, 0.5) is 4.39 Å². The number of likely N-dealkylation sites (N-methyl/N-ethyl adjacent to an activating group) is 1. The lowest BCUT2D eigenvalue weighted by Crippen LogP contribution is -2.34. The second-order valence-electron chi connectivity index (χ2n) is 2.50. The summed E-state index contributed by atoms with van der Waals surface area (Å²) in [6.07, 6.45) is 0.493. The van der Waals surface area contributed by atoms with Crippen molar-refractivity contribution < 1.29 is 9.60 Å². The van der Waals surface area contributed by atoms with Crippen molar-refractivity contribution in [2.24, 2.45) is 10.9 Å². The number of rotatable bonds is 6. The molecule has 0 saturated carbocycles. The van der Waals surface area contributed by atoms with Crippen LogP contribution < -0.4 is 5.73 Å². The Morgan fingerprint density at radius 3 is 2.75 bits per heavy atom. The topological polar surface area (TPSA) is 61.8 Å². The van der Waals surface area contributed by atoms with Crippen LogP contribution in [0.1, 0.15) is 13.3 Å². The molecule has 0 spiro atoms. The summed E-state index contributed by atoms with van der Waals surface area (Å²) in [5.74, 6) is 0.163. The number of halogens is 1. The minimum atomic E-state index is -0.327. The molecule has 5 heteroatoms. The van der Waals surface area contributed by atoms with Gasteiger partial charge in [-0.25, -0.2) is 0 Å². The summed E-state index contributed by atoms with van der Waals surface area (Å²) < 4.78 is 11.8. The number of nitrogens with two attached hydrogens (primary N) is 1. The summed E-state index contributed by atoms with van der Waals surface area (Å²) in [4.78, 5) is 1.91. The van der Waals surface area contributed by atoms with Crippen LogP contribution in [0.2, 0.25) is 0 Å². The van der Waals surface area contributed by atoms with Gasteiger partial charge in [-0.2, -0.15) is 0 Å². The average Bonchev–Trinajstić information content (AvgIpc) is 2.11. The first-order valence-corrected chi connectivity index (χ1v) is 3.99. The third-order valence-electron chi connectivity index (χ3n) is 1.57. The standard InChI is InChI=1S/C7H16FN3O/c1-2-11(5-3-4-8)6-7(9)10-12/h12H,2-6H2,1H3,(H2,9,10). The summed E-state index contributed by atoms with van der Waals surface area (Å²) in [5, 5.41) is 11.1. The van der Waals surface area contributed by atoms with Gasteiger partial charge >= 0.3 is 0 Å².